The van der Waals surface area contributed by atoms with E-state index < -0.39 is 11.6 Å². The quantitative estimate of drug-likeness (QED) is 0.868. The molecule has 0 aliphatic carbocycles. The van der Waals surface area contributed by atoms with Gasteiger partial charge in [0.15, 0.2) is 0 Å². The lowest BCUT2D eigenvalue weighted by Crippen LogP contribution is -2.46. The average Bonchev–Trinajstić information content (AvgIpc) is 2.26. The number of nitriles is 1. The van der Waals surface area contributed by atoms with E-state index in [1.54, 1.807) is 13.8 Å². The van der Waals surface area contributed by atoms with E-state index in [4.69, 9.17) is 5.26 Å². The normalized spacial score (nSPS) is 10.6. The van der Waals surface area contributed by atoms with Gasteiger partial charge in [-0.05, 0) is 19.4 Å². The highest BCUT2D eigenvalue weighted by Gasteiger charge is 2.30. The molecule has 1 N–H and O–H groups in total. The van der Waals surface area contributed by atoms with Crippen molar-refractivity contribution >= 4 is 6.09 Å². The van der Waals surface area contributed by atoms with Crippen molar-refractivity contribution < 1.29 is 9.90 Å². The monoisotopic (exact) mass is 232 g/mol. The number of rotatable bonds is 4. The second kappa shape index (κ2) is 5.35. The smallest absolute Gasteiger partial charge is 0.408 e. The first kappa shape index (κ1) is 13.0. The molecule has 1 aromatic carbocycles. The number of hydrogen-bond acceptors (Lipinski definition) is 2. The van der Waals surface area contributed by atoms with Gasteiger partial charge in [-0.2, -0.15) is 5.26 Å². The summed E-state index contributed by atoms with van der Waals surface area (Å²) in [7, 11) is 0. The molecule has 1 amide bonds. The third kappa shape index (κ3) is 3.49. The third-order valence-electron chi connectivity index (χ3n) is 2.66. The maximum absolute atomic E-state index is 11.2. The Kier molecular flexibility index (Phi) is 4.11. The molecule has 0 saturated carbocycles. The molecule has 4 heteroatoms. The van der Waals surface area contributed by atoms with Gasteiger partial charge in [0, 0.05) is 6.54 Å². The number of carboxylic acid groups (broad SMARTS) is 1. The summed E-state index contributed by atoms with van der Waals surface area (Å²) in [5.41, 5.74) is 0.233. The zero-order chi connectivity index (χ0) is 12.9. The van der Waals surface area contributed by atoms with Crippen molar-refractivity contribution in [3.8, 4) is 6.07 Å². The molecule has 90 valence electrons. The predicted molar refractivity (Wildman–Crippen MR) is 64.3 cm³/mol. The molecule has 0 aromatic heterocycles. The standard InChI is InChI=1S/C13H16N2O2/c1-13(2,8-9-14)15(12(16)17)10-11-6-4-3-5-7-11/h3-7H,8,10H2,1-2H3,(H,16,17). The highest BCUT2D eigenvalue weighted by atomic mass is 16.4. The lowest BCUT2D eigenvalue weighted by Gasteiger charge is -2.34. The second-order valence-electron chi connectivity index (χ2n) is 4.50. The average molecular weight is 232 g/mol. The minimum Gasteiger partial charge on any atom is -0.465 e. The topological polar surface area (TPSA) is 64.3 Å². The van der Waals surface area contributed by atoms with Gasteiger partial charge in [-0.25, -0.2) is 4.79 Å². The van der Waals surface area contributed by atoms with Crippen molar-refractivity contribution in [2.75, 3.05) is 0 Å². The van der Waals surface area contributed by atoms with Crippen LogP contribution >= 0.6 is 0 Å². The summed E-state index contributed by atoms with van der Waals surface area (Å²) in [6, 6.07) is 11.4. The molecular weight excluding hydrogens is 216 g/mol. The fourth-order valence-corrected chi connectivity index (χ4v) is 1.60. The van der Waals surface area contributed by atoms with Gasteiger partial charge in [0.2, 0.25) is 0 Å². The summed E-state index contributed by atoms with van der Waals surface area (Å²) in [6.45, 7) is 3.81. The fourth-order valence-electron chi connectivity index (χ4n) is 1.60. The summed E-state index contributed by atoms with van der Waals surface area (Å²) in [6.07, 6.45) is -0.833. The van der Waals surface area contributed by atoms with E-state index in [2.05, 4.69) is 0 Å². The van der Waals surface area contributed by atoms with Crippen molar-refractivity contribution in [2.45, 2.75) is 32.4 Å². The van der Waals surface area contributed by atoms with Crippen molar-refractivity contribution in [1.29, 1.82) is 5.26 Å². The van der Waals surface area contributed by atoms with E-state index in [0.717, 1.165) is 5.56 Å². The van der Waals surface area contributed by atoms with Gasteiger partial charge in [0.25, 0.3) is 0 Å². The maximum Gasteiger partial charge on any atom is 0.408 e. The Bertz CT molecular complexity index is 421. The molecule has 0 aliphatic heterocycles. The highest BCUT2D eigenvalue weighted by molar-refractivity contribution is 5.66. The van der Waals surface area contributed by atoms with Crippen LogP contribution in [0.25, 0.3) is 0 Å². The molecule has 17 heavy (non-hydrogen) atoms. The molecule has 0 bridgehead atoms. The Morgan fingerprint density at radius 3 is 2.47 bits per heavy atom. The predicted octanol–water partition coefficient (Wildman–Crippen LogP) is 2.86. The molecular formula is C13H16N2O2. The van der Waals surface area contributed by atoms with E-state index in [1.165, 1.54) is 4.90 Å². The number of benzene rings is 1. The van der Waals surface area contributed by atoms with E-state index in [0.29, 0.717) is 6.54 Å². The summed E-state index contributed by atoms with van der Waals surface area (Å²) in [5.74, 6) is 0. The second-order valence-corrected chi connectivity index (χ2v) is 4.50. The van der Waals surface area contributed by atoms with Crippen LogP contribution in [0.2, 0.25) is 0 Å². The van der Waals surface area contributed by atoms with Crippen LogP contribution in [0.5, 0.6) is 0 Å². The zero-order valence-corrected chi connectivity index (χ0v) is 10.1. The van der Waals surface area contributed by atoms with Gasteiger partial charge in [-0.3, -0.25) is 4.90 Å². The van der Waals surface area contributed by atoms with Crippen molar-refractivity contribution in [3.05, 3.63) is 35.9 Å². The Morgan fingerprint density at radius 2 is 2.00 bits per heavy atom. The van der Waals surface area contributed by atoms with Crippen LogP contribution in [0.3, 0.4) is 0 Å². The molecule has 1 rings (SSSR count). The van der Waals surface area contributed by atoms with Gasteiger partial charge in [0.1, 0.15) is 0 Å². The van der Waals surface area contributed by atoms with Crippen molar-refractivity contribution in [2.24, 2.45) is 0 Å². The number of amides is 1. The van der Waals surface area contributed by atoms with Crippen LogP contribution in [0, 0.1) is 11.3 Å². The first-order valence-corrected chi connectivity index (χ1v) is 5.39. The van der Waals surface area contributed by atoms with Crippen LogP contribution in [0.15, 0.2) is 30.3 Å². The van der Waals surface area contributed by atoms with Gasteiger partial charge < -0.3 is 5.11 Å². The molecule has 0 spiro atoms. The van der Waals surface area contributed by atoms with E-state index in [9.17, 15) is 9.90 Å². The van der Waals surface area contributed by atoms with Gasteiger partial charge >= 0.3 is 6.09 Å². The van der Waals surface area contributed by atoms with Crippen LogP contribution in [-0.2, 0) is 6.54 Å². The molecule has 0 unspecified atom stereocenters. The first-order valence-electron chi connectivity index (χ1n) is 5.39. The SMILES string of the molecule is CC(C)(CC#N)N(Cc1ccccc1)C(=O)O. The lowest BCUT2D eigenvalue weighted by atomic mass is 9.98. The van der Waals surface area contributed by atoms with Crippen LogP contribution < -0.4 is 0 Å². The van der Waals surface area contributed by atoms with Crippen molar-refractivity contribution in [3.63, 3.8) is 0 Å². The summed E-state index contributed by atoms with van der Waals surface area (Å²) < 4.78 is 0. The minimum atomic E-state index is -1.01. The van der Waals surface area contributed by atoms with Gasteiger partial charge in [-0.1, -0.05) is 30.3 Å². The molecule has 0 fully saturated rings. The van der Waals surface area contributed by atoms with Gasteiger partial charge in [0.05, 0.1) is 18.0 Å². The highest BCUT2D eigenvalue weighted by Crippen LogP contribution is 2.21. The zero-order valence-electron chi connectivity index (χ0n) is 10.1. The Hall–Kier alpha value is -2.02. The van der Waals surface area contributed by atoms with E-state index in [-0.39, 0.29) is 6.42 Å². The summed E-state index contributed by atoms with van der Waals surface area (Å²) in [5, 5.41) is 17.9. The largest absolute Gasteiger partial charge is 0.465 e. The minimum absolute atomic E-state index is 0.173. The first-order chi connectivity index (χ1) is 7.97. The fraction of sp³-hybridized carbons (Fsp3) is 0.385. The van der Waals surface area contributed by atoms with Crippen molar-refractivity contribution in [1.82, 2.24) is 4.90 Å². The molecule has 4 nitrogen and oxygen atoms in total. The molecule has 0 saturated heterocycles. The molecule has 0 radical (unpaired) electrons. The number of nitrogens with zero attached hydrogens (tertiary/aromatic N) is 2. The Balaban J connectivity index is 2.89. The van der Waals surface area contributed by atoms with Crippen LogP contribution in [0.1, 0.15) is 25.8 Å². The van der Waals surface area contributed by atoms with E-state index >= 15 is 0 Å². The number of hydrogen-bond donors (Lipinski definition) is 1. The summed E-state index contributed by atoms with van der Waals surface area (Å²) in [4.78, 5) is 12.5. The Morgan fingerprint density at radius 1 is 1.41 bits per heavy atom. The summed E-state index contributed by atoms with van der Waals surface area (Å²) >= 11 is 0. The third-order valence-corrected chi connectivity index (χ3v) is 2.66. The number of carbonyl (C=O) groups is 1. The maximum atomic E-state index is 11.2. The van der Waals surface area contributed by atoms with E-state index in [1.807, 2.05) is 36.4 Å². The molecule has 0 heterocycles. The molecule has 0 aliphatic rings. The Labute approximate surface area is 101 Å². The van der Waals surface area contributed by atoms with Crippen LogP contribution in [0.4, 0.5) is 4.79 Å². The molecule has 0 atom stereocenters. The van der Waals surface area contributed by atoms with Gasteiger partial charge in [-0.15, -0.1) is 0 Å². The molecule has 1 aromatic rings. The lowest BCUT2D eigenvalue weighted by molar-refractivity contribution is 0.0891. The van der Waals surface area contributed by atoms with Crippen LogP contribution in [-0.4, -0.2) is 21.6 Å².